The lowest BCUT2D eigenvalue weighted by molar-refractivity contribution is -0.164. The summed E-state index contributed by atoms with van der Waals surface area (Å²) in [6.45, 7) is 6.86. The molecule has 0 aliphatic carbocycles. The van der Waals surface area contributed by atoms with Gasteiger partial charge in [0.05, 0.1) is 7.11 Å². The molecule has 2 aromatic rings. The number of aromatic nitrogens is 1. The summed E-state index contributed by atoms with van der Waals surface area (Å²) in [5.41, 5.74) is 3.08. The molecule has 6 heteroatoms. The molecule has 0 aliphatic heterocycles. The van der Waals surface area contributed by atoms with Gasteiger partial charge in [0.2, 0.25) is 6.10 Å². The lowest BCUT2D eigenvalue weighted by atomic mass is 10.1. The Morgan fingerprint density at radius 3 is 2.50 bits per heavy atom. The van der Waals surface area contributed by atoms with Gasteiger partial charge in [-0.25, -0.2) is 9.59 Å². The van der Waals surface area contributed by atoms with E-state index in [2.05, 4.69) is 11.5 Å². The summed E-state index contributed by atoms with van der Waals surface area (Å²) in [5, 5.41) is 9.47. The van der Waals surface area contributed by atoms with Gasteiger partial charge in [-0.3, -0.25) is 0 Å². The SMILES string of the molecule is CCCn1c(C)cc(/C=C(\C#N)C(=O)OC(C(=O)OC)c2ccccc2)c1C. The van der Waals surface area contributed by atoms with Crippen molar-refractivity contribution in [1.29, 1.82) is 5.26 Å². The third kappa shape index (κ3) is 4.68. The second-order valence-electron chi connectivity index (χ2n) is 6.37. The van der Waals surface area contributed by atoms with Crippen LogP contribution in [0.4, 0.5) is 0 Å². The summed E-state index contributed by atoms with van der Waals surface area (Å²) in [4.78, 5) is 24.7. The van der Waals surface area contributed by atoms with Gasteiger partial charge in [0.1, 0.15) is 11.6 Å². The van der Waals surface area contributed by atoms with Crippen LogP contribution in [-0.2, 0) is 25.6 Å². The normalized spacial score (nSPS) is 12.2. The third-order valence-corrected chi connectivity index (χ3v) is 4.44. The molecule has 1 atom stereocenters. The molecule has 1 heterocycles. The maximum absolute atomic E-state index is 12.6. The number of aryl methyl sites for hydroxylation is 1. The molecule has 146 valence electrons. The highest BCUT2D eigenvalue weighted by molar-refractivity contribution is 5.99. The molecule has 28 heavy (non-hydrogen) atoms. The van der Waals surface area contributed by atoms with Crippen LogP contribution in [0.1, 0.15) is 42.0 Å². The highest BCUT2D eigenvalue weighted by Crippen LogP contribution is 2.23. The minimum atomic E-state index is -1.23. The van der Waals surface area contributed by atoms with Crippen LogP contribution < -0.4 is 0 Å². The second-order valence-corrected chi connectivity index (χ2v) is 6.37. The number of carbonyl (C=O) groups excluding carboxylic acids is 2. The fourth-order valence-electron chi connectivity index (χ4n) is 2.99. The van der Waals surface area contributed by atoms with E-state index in [0.717, 1.165) is 29.9 Å². The number of nitriles is 1. The Balaban J connectivity index is 2.32. The quantitative estimate of drug-likeness (QED) is 0.414. The molecule has 0 saturated carbocycles. The van der Waals surface area contributed by atoms with E-state index < -0.39 is 18.0 Å². The Kier molecular flexibility index (Phi) is 7.16. The number of methoxy groups -OCH3 is 1. The van der Waals surface area contributed by atoms with Crippen LogP contribution in [0, 0.1) is 25.2 Å². The number of nitrogens with zero attached hydrogens (tertiary/aromatic N) is 2. The number of hydrogen-bond donors (Lipinski definition) is 0. The van der Waals surface area contributed by atoms with E-state index in [4.69, 9.17) is 9.47 Å². The molecular weight excluding hydrogens is 356 g/mol. The molecule has 1 aromatic heterocycles. The molecule has 0 fully saturated rings. The van der Waals surface area contributed by atoms with E-state index in [1.54, 1.807) is 30.3 Å². The summed E-state index contributed by atoms with van der Waals surface area (Å²) in [5.74, 6) is -1.58. The zero-order valence-corrected chi connectivity index (χ0v) is 16.6. The van der Waals surface area contributed by atoms with Gasteiger partial charge in [-0.05, 0) is 38.0 Å². The van der Waals surface area contributed by atoms with E-state index in [0.29, 0.717) is 5.56 Å². The first-order chi connectivity index (χ1) is 13.4. The molecule has 0 radical (unpaired) electrons. The maximum Gasteiger partial charge on any atom is 0.351 e. The van der Waals surface area contributed by atoms with Crippen molar-refractivity contribution in [2.45, 2.75) is 39.8 Å². The Hall–Kier alpha value is -3.33. The molecule has 0 spiro atoms. The number of rotatable bonds is 7. The van der Waals surface area contributed by atoms with E-state index in [9.17, 15) is 14.9 Å². The lowest BCUT2D eigenvalue weighted by Gasteiger charge is -2.15. The van der Waals surface area contributed by atoms with Gasteiger partial charge in [0.25, 0.3) is 0 Å². The number of carbonyl (C=O) groups is 2. The average Bonchev–Trinajstić information content (AvgIpc) is 2.97. The van der Waals surface area contributed by atoms with Gasteiger partial charge < -0.3 is 14.0 Å². The Morgan fingerprint density at radius 1 is 1.25 bits per heavy atom. The number of esters is 2. The van der Waals surface area contributed by atoms with Gasteiger partial charge in [0, 0.05) is 23.5 Å². The largest absolute Gasteiger partial charge is 0.466 e. The van der Waals surface area contributed by atoms with Crippen molar-refractivity contribution in [3.8, 4) is 6.07 Å². The minimum Gasteiger partial charge on any atom is -0.466 e. The highest BCUT2D eigenvalue weighted by Gasteiger charge is 2.27. The first kappa shape index (κ1) is 21.0. The van der Waals surface area contributed by atoms with Crippen molar-refractivity contribution < 1.29 is 19.1 Å². The van der Waals surface area contributed by atoms with Crippen molar-refractivity contribution in [3.63, 3.8) is 0 Å². The summed E-state index contributed by atoms with van der Waals surface area (Å²) in [6.07, 6.45) is 1.24. The van der Waals surface area contributed by atoms with Gasteiger partial charge in [-0.2, -0.15) is 5.26 Å². The Morgan fingerprint density at radius 2 is 1.93 bits per heavy atom. The summed E-state index contributed by atoms with van der Waals surface area (Å²) in [6, 6.07) is 12.3. The van der Waals surface area contributed by atoms with Crippen LogP contribution >= 0.6 is 0 Å². The van der Waals surface area contributed by atoms with Crippen molar-refractivity contribution in [2.24, 2.45) is 0 Å². The Bertz CT molecular complexity index is 920. The molecular formula is C22H24N2O4. The minimum absolute atomic E-state index is 0.179. The first-order valence-electron chi connectivity index (χ1n) is 9.05. The zero-order valence-electron chi connectivity index (χ0n) is 16.6. The molecule has 0 bridgehead atoms. The predicted octanol–water partition coefficient (Wildman–Crippen LogP) is 3.88. The lowest BCUT2D eigenvalue weighted by Crippen LogP contribution is -2.21. The molecule has 0 saturated heterocycles. The van der Waals surface area contributed by atoms with Gasteiger partial charge in [-0.15, -0.1) is 0 Å². The van der Waals surface area contributed by atoms with E-state index >= 15 is 0 Å². The highest BCUT2D eigenvalue weighted by atomic mass is 16.6. The summed E-state index contributed by atoms with van der Waals surface area (Å²) >= 11 is 0. The molecule has 6 nitrogen and oxygen atoms in total. The fourth-order valence-corrected chi connectivity index (χ4v) is 2.99. The number of benzene rings is 1. The first-order valence-corrected chi connectivity index (χ1v) is 9.05. The molecule has 0 amide bonds. The zero-order chi connectivity index (χ0) is 20.7. The number of ether oxygens (including phenoxy) is 2. The summed E-state index contributed by atoms with van der Waals surface area (Å²) < 4.78 is 12.2. The van der Waals surface area contributed by atoms with Gasteiger partial charge in [-0.1, -0.05) is 37.3 Å². The van der Waals surface area contributed by atoms with Crippen LogP contribution in [0.5, 0.6) is 0 Å². The van der Waals surface area contributed by atoms with E-state index in [1.807, 2.05) is 26.0 Å². The van der Waals surface area contributed by atoms with Crippen LogP contribution in [0.15, 0.2) is 42.0 Å². The van der Waals surface area contributed by atoms with Crippen molar-refractivity contribution in [1.82, 2.24) is 4.57 Å². The Labute approximate surface area is 165 Å². The predicted molar refractivity (Wildman–Crippen MR) is 105 cm³/mol. The number of hydrogen-bond acceptors (Lipinski definition) is 5. The van der Waals surface area contributed by atoms with Crippen molar-refractivity contribution in [2.75, 3.05) is 7.11 Å². The molecule has 0 aliphatic rings. The van der Waals surface area contributed by atoms with Crippen LogP contribution in [0.3, 0.4) is 0 Å². The van der Waals surface area contributed by atoms with Crippen LogP contribution in [-0.4, -0.2) is 23.6 Å². The molecule has 1 aromatic carbocycles. The van der Waals surface area contributed by atoms with Crippen LogP contribution in [0.2, 0.25) is 0 Å². The smallest absolute Gasteiger partial charge is 0.351 e. The fraction of sp³-hybridized carbons (Fsp3) is 0.318. The standard InChI is InChI=1S/C22H24N2O4/c1-5-11-24-15(2)12-18(16(24)3)13-19(14-23)21(25)28-20(22(26)27-4)17-9-7-6-8-10-17/h6-10,12-13,20H,5,11H2,1-4H3/b19-13+. The van der Waals surface area contributed by atoms with Crippen molar-refractivity contribution >= 4 is 18.0 Å². The van der Waals surface area contributed by atoms with Gasteiger partial charge >= 0.3 is 11.9 Å². The monoisotopic (exact) mass is 380 g/mol. The van der Waals surface area contributed by atoms with E-state index in [-0.39, 0.29) is 5.57 Å². The average molecular weight is 380 g/mol. The van der Waals surface area contributed by atoms with Crippen LogP contribution in [0.25, 0.3) is 6.08 Å². The van der Waals surface area contributed by atoms with Crippen molar-refractivity contribution in [3.05, 3.63) is 64.5 Å². The second kappa shape index (κ2) is 9.56. The molecule has 2 rings (SSSR count). The topological polar surface area (TPSA) is 81.3 Å². The third-order valence-electron chi connectivity index (χ3n) is 4.44. The molecule has 0 N–H and O–H groups in total. The molecule has 1 unspecified atom stereocenters. The van der Waals surface area contributed by atoms with Gasteiger partial charge in [0.15, 0.2) is 0 Å². The summed E-state index contributed by atoms with van der Waals surface area (Å²) in [7, 11) is 1.22. The van der Waals surface area contributed by atoms with E-state index in [1.165, 1.54) is 13.2 Å². The maximum atomic E-state index is 12.6.